The molecule has 3 rings (SSSR count). The van der Waals surface area contributed by atoms with Gasteiger partial charge in [0.25, 0.3) is 5.91 Å². The molecule has 2 aromatic heterocycles. The molecule has 0 saturated carbocycles. The molecule has 0 radical (unpaired) electrons. The van der Waals surface area contributed by atoms with Gasteiger partial charge in [-0.15, -0.1) is 0 Å². The fourth-order valence-electron chi connectivity index (χ4n) is 3.01. The molecular weight excluding hydrogens is 383 g/mol. The zero-order chi connectivity index (χ0) is 22.1. The number of aromatic nitrogens is 3. The lowest BCUT2D eigenvalue weighted by molar-refractivity contribution is 0.0869. The summed E-state index contributed by atoms with van der Waals surface area (Å²) in [5.74, 6) is -0.675. The third-order valence-electron chi connectivity index (χ3n) is 4.62. The second-order valence-corrected chi connectivity index (χ2v) is 8.93. The Labute approximate surface area is 175 Å². The molecule has 158 valence electrons. The van der Waals surface area contributed by atoms with Gasteiger partial charge in [-0.05, 0) is 77.1 Å². The minimum Gasteiger partial charge on any atom is -0.394 e. The highest BCUT2D eigenvalue weighted by Crippen LogP contribution is 2.28. The molecule has 7 heteroatoms. The molecule has 0 atom stereocenters. The summed E-state index contributed by atoms with van der Waals surface area (Å²) < 4.78 is 15.3. The van der Waals surface area contributed by atoms with Crippen LogP contribution in [0.3, 0.4) is 0 Å². The number of nitrogens with one attached hydrogen (secondary N) is 1. The highest BCUT2D eigenvalue weighted by molar-refractivity contribution is 5.96. The lowest BCUT2D eigenvalue weighted by atomic mass is 10.0. The maximum absolute atomic E-state index is 13.4. The maximum Gasteiger partial charge on any atom is 0.251 e. The van der Waals surface area contributed by atoms with Crippen LogP contribution in [0.25, 0.3) is 22.6 Å². The second kappa shape index (κ2) is 7.99. The van der Waals surface area contributed by atoms with Gasteiger partial charge >= 0.3 is 0 Å². The van der Waals surface area contributed by atoms with Gasteiger partial charge in [0.2, 0.25) is 0 Å². The van der Waals surface area contributed by atoms with Gasteiger partial charge in [0, 0.05) is 17.3 Å². The number of halogens is 1. The summed E-state index contributed by atoms with van der Waals surface area (Å²) in [6.45, 7) is 9.38. The third-order valence-corrected chi connectivity index (χ3v) is 4.62. The molecule has 2 heterocycles. The predicted molar refractivity (Wildman–Crippen MR) is 114 cm³/mol. The molecule has 0 aliphatic carbocycles. The molecule has 30 heavy (non-hydrogen) atoms. The minimum absolute atomic E-state index is 0.196. The molecule has 0 aliphatic rings. The van der Waals surface area contributed by atoms with Crippen molar-refractivity contribution in [3.8, 4) is 22.6 Å². The number of nitrogens with zero attached hydrogens (tertiary/aromatic N) is 3. The van der Waals surface area contributed by atoms with E-state index in [9.17, 15) is 14.3 Å². The van der Waals surface area contributed by atoms with Crippen molar-refractivity contribution in [2.24, 2.45) is 0 Å². The van der Waals surface area contributed by atoms with E-state index in [-0.39, 0.29) is 23.9 Å². The van der Waals surface area contributed by atoms with Crippen molar-refractivity contribution in [3.63, 3.8) is 0 Å². The van der Waals surface area contributed by atoms with Gasteiger partial charge in [-0.25, -0.2) is 9.37 Å². The molecule has 0 fully saturated rings. The van der Waals surface area contributed by atoms with Crippen LogP contribution in [-0.2, 0) is 5.54 Å². The average molecular weight is 410 g/mol. The third kappa shape index (κ3) is 4.74. The standard InChI is InChI=1S/C23H27FN4O2/c1-22(2,3)28-20(10-11-25-28)19-13-16(21(30)27-23(4,5)14-29)12-18(26-19)15-6-8-17(24)9-7-15/h6-13,29H,14H2,1-5H3,(H,27,30). The Morgan fingerprint density at radius 1 is 1.07 bits per heavy atom. The topological polar surface area (TPSA) is 80.0 Å². The zero-order valence-electron chi connectivity index (χ0n) is 17.9. The fourth-order valence-corrected chi connectivity index (χ4v) is 3.01. The number of benzene rings is 1. The van der Waals surface area contributed by atoms with Crippen molar-refractivity contribution >= 4 is 5.91 Å². The van der Waals surface area contributed by atoms with Crippen LogP contribution in [0.15, 0.2) is 48.7 Å². The first-order valence-electron chi connectivity index (χ1n) is 9.76. The predicted octanol–water partition coefficient (Wildman–Crippen LogP) is 4.01. The lowest BCUT2D eigenvalue weighted by Crippen LogP contribution is -2.46. The van der Waals surface area contributed by atoms with Crippen LogP contribution < -0.4 is 5.32 Å². The summed E-state index contributed by atoms with van der Waals surface area (Å²) in [5.41, 5.74) is 1.91. The van der Waals surface area contributed by atoms with Gasteiger partial charge in [0.1, 0.15) is 5.82 Å². The first-order chi connectivity index (χ1) is 14.0. The molecule has 2 N–H and O–H groups in total. The molecule has 0 aliphatic heterocycles. The summed E-state index contributed by atoms with van der Waals surface area (Å²) >= 11 is 0. The van der Waals surface area contributed by atoms with E-state index >= 15 is 0 Å². The number of hydrogen-bond donors (Lipinski definition) is 2. The highest BCUT2D eigenvalue weighted by Gasteiger charge is 2.23. The van der Waals surface area contributed by atoms with Crippen molar-refractivity contribution in [3.05, 3.63) is 60.0 Å². The van der Waals surface area contributed by atoms with E-state index in [4.69, 9.17) is 4.98 Å². The molecule has 0 spiro atoms. The van der Waals surface area contributed by atoms with Gasteiger partial charge in [0.05, 0.1) is 34.8 Å². The summed E-state index contributed by atoms with van der Waals surface area (Å²) in [4.78, 5) is 17.7. The van der Waals surface area contributed by atoms with E-state index in [0.29, 0.717) is 22.5 Å². The first-order valence-corrected chi connectivity index (χ1v) is 9.76. The van der Waals surface area contributed by atoms with E-state index in [2.05, 4.69) is 10.4 Å². The van der Waals surface area contributed by atoms with Crippen molar-refractivity contribution < 1.29 is 14.3 Å². The first kappa shape index (κ1) is 21.6. The Kier molecular flexibility index (Phi) is 5.76. The molecule has 1 amide bonds. The summed E-state index contributed by atoms with van der Waals surface area (Å²) in [7, 11) is 0. The van der Waals surface area contributed by atoms with Crippen LogP contribution in [0, 0.1) is 5.82 Å². The number of pyridine rings is 1. The number of hydrogen-bond acceptors (Lipinski definition) is 4. The van der Waals surface area contributed by atoms with Gasteiger partial charge in [-0.2, -0.15) is 5.10 Å². The number of aliphatic hydroxyl groups is 1. The Hall–Kier alpha value is -3.06. The lowest BCUT2D eigenvalue weighted by Gasteiger charge is -2.24. The van der Waals surface area contributed by atoms with Crippen LogP contribution in [0.1, 0.15) is 45.0 Å². The molecular formula is C23H27FN4O2. The van der Waals surface area contributed by atoms with E-state index in [1.54, 1.807) is 44.3 Å². The molecule has 6 nitrogen and oxygen atoms in total. The summed E-state index contributed by atoms with van der Waals surface area (Å²) in [6.07, 6.45) is 1.70. The summed E-state index contributed by atoms with van der Waals surface area (Å²) in [6, 6.07) is 11.2. The SMILES string of the molecule is CC(C)(CO)NC(=O)c1cc(-c2ccc(F)cc2)nc(-c2ccnn2C(C)(C)C)c1. The van der Waals surface area contributed by atoms with E-state index in [0.717, 1.165) is 5.69 Å². The fraction of sp³-hybridized carbons (Fsp3) is 0.348. The Morgan fingerprint density at radius 3 is 2.30 bits per heavy atom. The number of amides is 1. The van der Waals surface area contributed by atoms with Gasteiger partial charge < -0.3 is 10.4 Å². The van der Waals surface area contributed by atoms with E-state index in [1.165, 1.54) is 12.1 Å². The van der Waals surface area contributed by atoms with Gasteiger partial charge in [-0.1, -0.05) is 0 Å². The Balaban J connectivity index is 2.15. The smallest absolute Gasteiger partial charge is 0.251 e. The highest BCUT2D eigenvalue weighted by atomic mass is 19.1. The van der Waals surface area contributed by atoms with Crippen molar-refractivity contribution in [1.82, 2.24) is 20.1 Å². The van der Waals surface area contributed by atoms with E-state index in [1.807, 2.05) is 31.5 Å². The number of carbonyl (C=O) groups excluding carboxylic acids is 1. The Morgan fingerprint density at radius 2 is 1.70 bits per heavy atom. The van der Waals surface area contributed by atoms with Crippen LogP contribution in [0.5, 0.6) is 0 Å². The maximum atomic E-state index is 13.4. The Bertz CT molecular complexity index is 1050. The summed E-state index contributed by atoms with van der Waals surface area (Å²) in [5, 5.41) is 16.8. The molecule has 0 unspecified atom stereocenters. The van der Waals surface area contributed by atoms with Crippen LogP contribution in [-0.4, -0.2) is 37.9 Å². The second-order valence-electron chi connectivity index (χ2n) is 8.93. The molecule has 0 saturated heterocycles. The molecule has 0 bridgehead atoms. The van der Waals surface area contributed by atoms with Crippen LogP contribution in [0.2, 0.25) is 0 Å². The van der Waals surface area contributed by atoms with Crippen LogP contribution in [0.4, 0.5) is 4.39 Å². The van der Waals surface area contributed by atoms with Crippen LogP contribution >= 0.6 is 0 Å². The number of aliphatic hydroxyl groups excluding tert-OH is 1. The minimum atomic E-state index is -0.774. The van der Waals surface area contributed by atoms with Crippen molar-refractivity contribution in [2.75, 3.05) is 6.61 Å². The van der Waals surface area contributed by atoms with Gasteiger partial charge in [0.15, 0.2) is 0 Å². The molecule has 1 aromatic carbocycles. The average Bonchev–Trinajstić information content (AvgIpc) is 3.18. The van der Waals surface area contributed by atoms with E-state index < -0.39 is 5.54 Å². The monoisotopic (exact) mass is 410 g/mol. The van der Waals surface area contributed by atoms with Crippen molar-refractivity contribution in [2.45, 2.75) is 45.7 Å². The number of carbonyl (C=O) groups is 1. The largest absolute Gasteiger partial charge is 0.394 e. The zero-order valence-corrected chi connectivity index (χ0v) is 17.9. The van der Waals surface area contributed by atoms with Crippen molar-refractivity contribution in [1.29, 1.82) is 0 Å². The molecule has 3 aromatic rings. The normalized spacial score (nSPS) is 12.1. The van der Waals surface area contributed by atoms with Gasteiger partial charge in [-0.3, -0.25) is 9.48 Å². The number of rotatable bonds is 5. The quantitative estimate of drug-likeness (QED) is 0.666.